The summed E-state index contributed by atoms with van der Waals surface area (Å²) in [6, 6.07) is 13.3. The number of hydrogen-bond donors (Lipinski definition) is 3. The second kappa shape index (κ2) is 18.3. The molecule has 16 heteroatoms. The Labute approximate surface area is 380 Å². The van der Waals surface area contributed by atoms with Gasteiger partial charge in [0.1, 0.15) is 23.9 Å². The summed E-state index contributed by atoms with van der Waals surface area (Å²) in [5.41, 5.74) is 9.37. The smallest absolute Gasteiger partial charge is 0.259 e. The predicted molar refractivity (Wildman–Crippen MR) is 245 cm³/mol. The van der Waals surface area contributed by atoms with Gasteiger partial charge in [0.25, 0.3) is 5.91 Å². The third kappa shape index (κ3) is 8.53. The Balaban J connectivity index is 1.21. The standard InChI is InChI=1S/C49H61N8O8/c1-9-39(59)54-20-17-31(26-54)47(61)53(7)43(28(3)4)46(60)51-36-23-29-21-32(24-33(58)22-29)30-15-16-37-35(25-30)40-41(45(64-8)42-34(13-11-18-50-42)44(40)55(37)10-2)49(5,6)27-65-57(63)38-14-12-19-56(52-38)48(36)62/h9,11,13,15-16,18,21-22,24-25,28,31,36,38,41,43,45,52,58H,1,10,12,14,17,19-20,23,26-27H2,2-8H3,(H,51,60)/q-1/t31-,36-,38+,41?,43-,45-/m0/s1. The molecule has 8 rings (SSSR count). The second-order valence-electron chi connectivity index (χ2n) is 18.9. The van der Waals surface area contributed by atoms with E-state index in [1.165, 1.54) is 16.0 Å². The fourth-order valence-electron chi connectivity index (χ4n) is 10.7. The highest BCUT2D eigenvalue weighted by atomic mass is 16.9. The maximum absolute atomic E-state index is 14.7. The lowest BCUT2D eigenvalue weighted by Crippen LogP contribution is -2.63. The number of nitrogens with one attached hydrogen (secondary N) is 2. The number of aromatic hydroxyl groups is 1. The largest absolute Gasteiger partial charge is 0.761 e. The van der Waals surface area contributed by atoms with Crippen LogP contribution in [-0.4, -0.2) is 117 Å². The molecular formula is C49H61N8O8-. The number of likely N-dealkylation sites (N-methyl/N-ethyl adjacent to an activating group) is 1. The number of benzene rings is 2. The van der Waals surface area contributed by atoms with Crippen molar-refractivity contribution in [3.8, 4) is 28.1 Å². The first-order valence-electron chi connectivity index (χ1n) is 22.7. The molecule has 65 heavy (non-hydrogen) atoms. The number of hydroxylamine groups is 2. The zero-order valence-electron chi connectivity index (χ0n) is 38.4. The number of hydrogen-bond acceptors (Lipinski definition) is 11. The van der Waals surface area contributed by atoms with E-state index in [1.54, 1.807) is 37.4 Å². The minimum Gasteiger partial charge on any atom is -0.761 e. The van der Waals surface area contributed by atoms with Crippen molar-refractivity contribution in [2.45, 2.75) is 97.1 Å². The van der Waals surface area contributed by atoms with Crippen molar-refractivity contribution < 1.29 is 33.9 Å². The lowest BCUT2D eigenvalue weighted by molar-refractivity contribution is -0.202. The monoisotopic (exact) mass is 889 g/mol. The molecule has 4 aromatic rings. The van der Waals surface area contributed by atoms with Crippen LogP contribution in [0.3, 0.4) is 0 Å². The number of nitrogens with zero attached hydrogens (tertiary/aromatic N) is 6. The van der Waals surface area contributed by atoms with E-state index in [0.29, 0.717) is 48.7 Å². The van der Waals surface area contributed by atoms with Gasteiger partial charge in [0.15, 0.2) is 0 Å². The van der Waals surface area contributed by atoms with Crippen molar-refractivity contribution in [1.29, 1.82) is 0 Å². The van der Waals surface area contributed by atoms with Gasteiger partial charge in [-0.25, -0.2) is 10.7 Å². The summed E-state index contributed by atoms with van der Waals surface area (Å²) in [5.74, 6) is -2.73. The van der Waals surface area contributed by atoms with Crippen LogP contribution in [0.15, 0.2) is 67.4 Å². The van der Waals surface area contributed by atoms with Crippen molar-refractivity contribution in [2.75, 3.05) is 40.4 Å². The van der Waals surface area contributed by atoms with Gasteiger partial charge in [-0.2, -0.15) is 0 Å². The average molecular weight is 890 g/mol. The van der Waals surface area contributed by atoms with Crippen LogP contribution in [0.25, 0.3) is 33.3 Å². The Bertz CT molecular complexity index is 2500. The number of fused-ring (bicyclic) bond motifs is 8. The number of pyridine rings is 1. The minimum atomic E-state index is -1.17. The number of aryl methyl sites for hydroxylation is 1. The number of methoxy groups -OCH3 is 1. The molecule has 0 radical (unpaired) electrons. The molecule has 1 unspecified atom stereocenters. The Morgan fingerprint density at radius 3 is 2.65 bits per heavy atom. The van der Waals surface area contributed by atoms with Crippen LogP contribution in [0.1, 0.15) is 82.7 Å². The second-order valence-corrected chi connectivity index (χ2v) is 18.9. The molecule has 6 atom stereocenters. The first-order valence-corrected chi connectivity index (χ1v) is 22.7. The summed E-state index contributed by atoms with van der Waals surface area (Å²) in [4.78, 5) is 69.4. The molecular weight excluding hydrogens is 829 g/mol. The minimum absolute atomic E-state index is 0.00807. The molecule has 3 aliphatic heterocycles. The number of ether oxygens (including phenoxy) is 1. The highest BCUT2D eigenvalue weighted by Gasteiger charge is 2.47. The molecule has 0 saturated carbocycles. The van der Waals surface area contributed by atoms with E-state index in [0.717, 1.165) is 39.0 Å². The van der Waals surface area contributed by atoms with Gasteiger partial charge >= 0.3 is 0 Å². The topological polar surface area (TPSA) is 185 Å². The maximum atomic E-state index is 14.7. The highest BCUT2D eigenvalue weighted by Crippen LogP contribution is 2.57. The van der Waals surface area contributed by atoms with Gasteiger partial charge in [-0.1, -0.05) is 46.4 Å². The summed E-state index contributed by atoms with van der Waals surface area (Å²) < 4.78 is 8.63. The summed E-state index contributed by atoms with van der Waals surface area (Å²) in [7, 11) is 3.26. The maximum Gasteiger partial charge on any atom is 0.259 e. The first kappa shape index (κ1) is 45.9. The third-order valence-corrected chi connectivity index (χ3v) is 13.8. The van der Waals surface area contributed by atoms with Crippen molar-refractivity contribution in [3.05, 3.63) is 89.4 Å². The van der Waals surface area contributed by atoms with Crippen LogP contribution in [0.2, 0.25) is 0 Å². The van der Waals surface area contributed by atoms with Crippen LogP contribution >= 0.6 is 0 Å². The molecule has 2 saturated heterocycles. The molecule has 4 amide bonds. The normalized spacial score (nSPS) is 23.8. The summed E-state index contributed by atoms with van der Waals surface area (Å²) in [6.45, 7) is 15.0. The van der Waals surface area contributed by atoms with Gasteiger partial charge in [0.2, 0.25) is 17.7 Å². The van der Waals surface area contributed by atoms with Gasteiger partial charge in [0.05, 0.1) is 30.1 Å². The van der Waals surface area contributed by atoms with Gasteiger partial charge in [-0.15, -0.1) is 0 Å². The number of phenols is 1. The molecule has 2 aromatic heterocycles. The molecule has 0 spiro atoms. The molecule has 2 fully saturated rings. The number of aromatic nitrogens is 2. The quantitative estimate of drug-likeness (QED) is 0.186. The molecule has 3 N–H and O–H groups in total. The molecule has 5 heterocycles. The number of amides is 4. The van der Waals surface area contributed by atoms with E-state index in [4.69, 9.17) is 14.6 Å². The van der Waals surface area contributed by atoms with Crippen LogP contribution in [0.4, 0.5) is 0 Å². The molecule has 6 bridgehead atoms. The van der Waals surface area contributed by atoms with E-state index < -0.39 is 47.5 Å². The van der Waals surface area contributed by atoms with Crippen LogP contribution in [0.5, 0.6) is 5.75 Å². The van der Waals surface area contributed by atoms with Crippen LogP contribution in [-0.2, 0) is 41.7 Å². The fraction of sp³-hybridized carbons (Fsp3) is 0.490. The molecule has 4 aliphatic rings. The number of rotatable bonds is 8. The van der Waals surface area contributed by atoms with Gasteiger partial charge in [-0.05, 0) is 102 Å². The van der Waals surface area contributed by atoms with Gasteiger partial charge in [0, 0.05) is 75.3 Å². The average Bonchev–Trinajstić information content (AvgIpc) is 3.92. The molecule has 16 nitrogen and oxygen atoms in total. The molecule has 346 valence electrons. The number of likely N-dealkylation sites (tertiary alicyclic amines) is 1. The zero-order valence-corrected chi connectivity index (χ0v) is 38.4. The molecule has 1 aliphatic carbocycles. The van der Waals surface area contributed by atoms with Crippen molar-refractivity contribution in [3.63, 3.8) is 0 Å². The number of hydrazine groups is 1. The Morgan fingerprint density at radius 2 is 1.92 bits per heavy atom. The van der Waals surface area contributed by atoms with E-state index in [1.807, 2.05) is 32.0 Å². The number of phenolic OH excluding ortho intramolecular Hbond substituents is 1. The molecule has 2 aromatic carbocycles. The Morgan fingerprint density at radius 1 is 1.14 bits per heavy atom. The highest BCUT2D eigenvalue weighted by molar-refractivity contribution is 5.97. The van der Waals surface area contributed by atoms with E-state index >= 15 is 0 Å². The predicted octanol–water partition coefficient (Wildman–Crippen LogP) is 5.65. The summed E-state index contributed by atoms with van der Waals surface area (Å²) >= 11 is 0. The Hall–Kier alpha value is -5.65. The summed E-state index contributed by atoms with van der Waals surface area (Å²) in [5, 5.41) is 31.2. The number of carbonyl (C=O) groups excluding carboxylic acids is 4. The van der Waals surface area contributed by atoms with Crippen molar-refractivity contribution >= 4 is 34.5 Å². The van der Waals surface area contributed by atoms with Gasteiger partial charge < -0.3 is 39.6 Å². The first-order chi connectivity index (χ1) is 31.1. The zero-order chi connectivity index (χ0) is 46.5. The van der Waals surface area contributed by atoms with Crippen molar-refractivity contribution in [1.82, 2.24) is 40.3 Å². The third-order valence-electron chi connectivity index (χ3n) is 13.8. The van der Waals surface area contributed by atoms with Crippen molar-refractivity contribution in [2.24, 2.45) is 17.3 Å². The summed E-state index contributed by atoms with van der Waals surface area (Å²) in [6.07, 6.45) is 2.90. The lowest BCUT2D eigenvalue weighted by atomic mass is 9.67. The Kier molecular flexibility index (Phi) is 12.9. The number of carbonyl (C=O) groups is 4. The van der Waals surface area contributed by atoms with Crippen LogP contribution in [0, 0.1) is 22.5 Å². The van der Waals surface area contributed by atoms with E-state index in [-0.39, 0.29) is 55.5 Å². The van der Waals surface area contributed by atoms with Gasteiger partial charge in [-0.3, -0.25) is 29.2 Å². The van der Waals surface area contributed by atoms with Crippen LogP contribution < -0.4 is 10.7 Å². The lowest BCUT2D eigenvalue weighted by Gasteiger charge is -2.46. The fourth-order valence-corrected chi connectivity index (χ4v) is 10.7. The van der Waals surface area contributed by atoms with E-state index in [9.17, 15) is 29.5 Å². The SMILES string of the molecule is C=CC(=O)N1CC[C@H](C(=O)N(C)[C@H](C(=O)N[C@H]2Cc3cc(O)cc(c3)-c3ccc4c(c3)c3c(n4CC)-c4cccnc4[C@@H](OC)C3C(C)(C)CON([O-])[C@@H]3CCCN(N3)C2=O)C(C)C)C1. The van der Waals surface area contributed by atoms with E-state index in [2.05, 4.69) is 60.9 Å².